The minimum absolute atomic E-state index is 0. The van der Waals surface area contributed by atoms with Gasteiger partial charge in [0, 0.05) is 17.5 Å². The van der Waals surface area contributed by atoms with Crippen LogP contribution in [0.25, 0.3) is 11.6 Å². The first kappa shape index (κ1) is 26.8. The molecule has 4 aromatic heterocycles. The van der Waals surface area contributed by atoms with Crippen molar-refractivity contribution >= 4 is 40.5 Å². The molecule has 5 aromatic rings. The maximum Gasteiger partial charge on any atom is 2.00 e. The molecule has 0 aliphatic heterocycles. The summed E-state index contributed by atoms with van der Waals surface area (Å²) in [6.45, 7) is 1.80. The second kappa shape index (κ2) is 10.7. The minimum Gasteiger partial charge on any atom is -0.451 e. The number of imidazole rings is 2. The van der Waals surface area contributed by atoms with Crippen molar-refractivity contribution < 1.29 is 34.2 Å². The van der Waals surface area contributed by atoms with Crippen molar-refractivity contribution in [3.63, 3.8) is 0 Å². The van der Waals surface area contributed by atoms with Crippen molar-refractivity contribution in [2.24, 2.45) is 0 Å². The van der Waals surface area contributed by atoms with Gasteiger partial charge in [-0.25, -0.2) is 0 Å². The topological polar surface area (TPSA) is 64.7 Å². The first-order chi connectivity index (χ1) is 17.2. The molecule has 0 saturated heterocycles. The Morgan fingerprint density at radius 2 is 1.30 bits per heavy atom. The Morgan fingerprint density at radius 1 is 0.784 bits per heavy atom. The SMILES string of the molecule is Cc1nc[c-]n1-c1cccc(N(c2cccc(-n3[c-]cnc3C(F)(F)F)n2)c2c(Cl)cccc2Cl)n1.[Pt+2]. The third-order valence-electron chi connectivity index (χ3n) is 5.12. The summed E-state index contributed by atoms with van der Waals surface area (Å²) in [4.78, 5) is 18.3. The molecule has 0 bridgehead atoms. The Kier molecular flexibility index (Phi) is 7.73. The number of aryl methyl sites for hydroxylation is 1. The van der Waals surface area contributed by atoms with Crippen molar-refractivity contribution in [2.75, 3.05) is 4.90 Å². The van der Waals surface area contributed by atoms with Gasteiger partial charge in [-0.1, -0.05) is 72.9 Å². The van der Waals surface area contributed by atoms with Gasteiger partial charge in [0.2, 0.25) is 0 Å². The summed E-state index contributed by atoms with van der Waals surface area (Å²) in [5.41, 5.74) is 0.354. The molecule has 0 N–H and O–H groups in total. The number of pyridine rings is 2. The largest absolute Gasteiger partial charge is 2.00 e. The number of hydrogen-bond donors (Lipinski definition) is 0. The second-order valence-corrected chi connectivity index (χ2v) is 8.24. The minimum atomic E-state index is -4.70. The van der Waals surface area contributed by atoms with E-state index in [-0.39, 0.29) is 42.7 Å². The molecule has 0 unspecified atom stereocenters. The smallest absolute Gasteiger partial charge is 0.451 e. The predicted molar refractivity (Wildman–Crippen MR) is 128 cm³/mol. The Balaban J connectivity index is 0.00000320. The summed E-state index contributed by atoms with van der Waals surface area (Å²) in [7, 11) is 0. The Morgan fingerprint density at radius 3 is 1.84 bits per heavy atom. The van der Waals surface area contributed by atoms with Crippen LogP contribution in [0.1, 0.15) is 11.6 Å². The number of hydrogen-bond acceptors (Lipinski definition) is 5. The molecule has 0 spiro atoms. The van der Waals surface area contributed by atoms with Gasteiger partial charge in [-0.15, -0.1) is 0 Å². The number of halogens is 5. The van der Waals surface area contributed by atoms with Crippen molar-refractivity contribution in [1.29, 1.82) is 0 Å². The van der Waals surface area contributed by atoms with E-state index in [1.54, 1.807) is 64.9 Å². The molecule has 0 radical (unpaired) electrons. The summed E-state index contributed by atoms with van der Waals surface area (Å²) in [5, 5.41) is 0.579. The van der Waals surface area contributed by atoms with Gasteiger partial charge in [0.1, 0.15) is 17.5 Å². The molecular formula is C24H14Cl2F3N7Pt. The summed E-state index contributed by atoms with van der Waals surface area (Å²) >= 11 is 13.1. The van der Waals surface area contributed by atoms with E-state index in [1.807, 2.05) is 0 Å². The zero-order chi connectivity index (χ0) is 25.4. The van der Waals surface area contributed by atoms with Gasteiger partial charge < -0.3 is 19.1 Å². The molecule has 190 valence electrons. The molecule has 13 heteroatoms. The van der Waals surface area contributed by atoms with Crippen LogP contribution in [-0.4, -0.2) is 29.1 Å². The third kappa shape index (κ3) is 5.27. The van der Waals surface area contributed by atoms with E-state index < -0.39 is 12.0 Å². The first-order valence-electron chi connectivity index (χ1n) is 10.4. The molecule has 7 nitrogen and oxygen atoms in total. The number of rotatable bonds is 5. The maximum absolute atomic E-state index is 13.5. The Bertz CT molecular complexity index is 1530. The van der Waals surface area contributed by atoms with Gasteiger partial charge in [0.25, 0.3) is 0 Å². The maximum atomic E-state index is 13.5. The van der Waals surface area contributed by atoms with Gasteiger partial charge in [-0.2, -0.15) is 13.2 Å². The zero-order valence-corrected chi connectivity index (χ0v) is 22.5. The molecule has 0 amide bonds. The van der Waals surface area contributed by atoms with Crippen LogP contribution in [0.4, 0.5) is 30.5 Å². The van der Waals surface area contributed by atoms with E-state index in [4.69, 9.17) is 28.2 Å². The number of benzene rings is 1. The fourth-order valence-corrected chi connectivity index (χ4v) is 4.14. The van der Waals surface area contributed by atoms with Gasteiger partial charge >= 0.3 is 27.2 Å². The molecule has 37 heavy (non-hydrogen) atoms. The number of aromatic nitrogens is 6. The molecule has 0 atom stereocenters. The van der Waals surface area contributed by atoms with Crippen molar-refractivity contribution in [3.8, 4) is 11.6 Å². The number of anilines is 3. The third-order valence-corrected chi connectivity index (χ3v) is 5.73. The van der Waals surface area contributed by atoms with E-state index in [2.05, 4.69) is 27.3 Å². The summed E-state index contributed by atoms with van der Waals surface area (Å²) < 4.78 is 42.8. The molecule has 4 heterocycles. The van der Waals surface area contributed by atoms with Gasteiger partial charge in [-0.3, -0.25) is 14.9 Å². The van der Waals surface area contributed by atoms with Crippen LogP contribution in [0.2, 0.25) is 10.0 Å². The molecule has 0 saturated carbocycles. The zero-order valence-electron chi connectivity index (χ0n) is 18.7. The van der Waals surface area contributed by atoms with Gasteiger partial charge in [-0.05, 0) is 36.7 Å². The van der Waals surface area contributed by atoms with Crippen molar-refractivity contribution in [1.82, 2.24) is 29.1 Å². The second-order valence-electron chi connectivity index (χ2n) is 7.43. The normalized spacial score (nSPS) is 11.3. The fourth-order valence-electron chi connectivity index (χ4n) is 3.58. The number of nitrogens with zero attached hydrogens (tertiary/aromatic N) is 7. The summed E-state index contributed by atoms with van der Waals surface area (Å²) in [6.07, 6.45) is 3.20. The van der Waals surface area contributed by atoms with E-state index in [1.165, 1.54) is 12.3 Å². The van der Waals surface area contributed by atoms with E-state index >= 15 is 0 Å². The predicted octanol–water partition coefficient (Wildman–Crippen LogP) is 6.55. The van der Waals surface area contributed by atoms with Gasteiger partial charge in [0.05, 0.1) is 15.7 Å². The van der Waals surface area contributed by atoms with Crippen LogP contribution in [0, 0.1) is 19.3 Å². The molecule has 1 aromatic carbocycles. The molecule has 0 aliphatic rings. The molecular weight excluding hydrogens is 709 g/mol. The van der Waals surface area contributed by atoms with E-state index in [9.17, 15) is 13.2 Å². The molecule has 0 aliphatic carbocycles. The summed E-state index contributed by atoms with van der Waals surface area (Å²) in [6, 6.07) is 14.8. The monoisotopic (exact) mass is 722 g/mol. The summed E-state index contributed by atoms with van der Waals surface area (Å²) in [5.74, 6) is 0.542. The Hall–Kier alpha value is -3.20. The fraction of sp³-hybridized carbons (Fsp3) is 0.0833. The van der Waals surface area contributed by atoms with Crippen molar-refractivity contribution in [3.05, 3.63) is 101 Å². The van der Waals surface area contributed by atoms with E-state index in [0.717, 1.165) is 10.8 Å². The average Bonchev–Trinajstić information content (AvgIpc) is 3.51. The number of para-hydroxylation sites is 1. The van der Waals surface area contributed by atoms with Crippen LogP contribution in [0.5, 0.6) is 0 Å². The standard InChI is InChI=1S/C24H14Cl2F3N7.Pt/c1-15-30-11-13-34(15)18-7-3-9-20(32-18)36(22-16(25)5-2-6-17(22)26)21-10-4-8-19(33-21)35-14-12-31-23(35)24(27,28)29;/h2-12H,1H3;/q-2;+2. The van der Waals surface area contributed by atoms with Crippen LogP contribution < -0.4 is 4.90 Å². The van der Waals surface area contributed by atoms with Crippen LogP contribution in [0.15, 0.2) is 67.0 Å². The van der Waals surface area contributed by atoms with Crippen LogP contribution >= 0.6 is 23.2 Å². The van der Waals surface area contributed by atoms with Crippen molar-refractivity contribution in [2.45, 2.75) is 13.1 Å². The Labute approximate surface area is 233 Å². The number of alkyl halides is 3. The van der Waals surface area contributed by atoms with Crippen LogP contribution in [0.3, 0.4) is 0 Å². The van der Waals surface area contributed by atoms with Gasteiger partial charge in [0.15, 0.2) is 0 Å². The molecule has 5 rings (SSSR count). The van der Waals surface area contributed by atoms with E-state index in [0.29, 0.717) is 23.1 Å². The molecule has 0 fully saturated rings. The average molecular weight is 723 g/mol. The van der Waals surface area contributed by atoms with Crippen LogP contribution in [-0.2, 0) is 27.2 Å². The quantitative estimate of drug-likeness (QED) is 0.193. The first-order valence-corrected chi connectivity index (χ1v) is 11.1.